The first-order chi connectivity index (χ1) is 8.50. The molecule has 5 heteroatoms. The summed E-state index contributed by atoms with van der Waals surface area (Å²) in [5.74, 6) is -0.130. The van der Waals surface area contributed by atoms with Crippen LogP contribution in [0.4, 0.5) is 4.79 Å². The molecule has 1 aromatic carbocycles. The van der Waals surface area contributed by atoms with Gasteiger partial charge in [-0.1, -0.05) is 17.7 Å². The maximum Gasteiger partial charge on any atom is 0.316 e. The van der Waals surface area contributed by atoms with Crippen LogP contribution in [0.2, 0.25) is 0 Å². The van der Waals surface area contributed by atoms with E-state index in [0.29, 0.717) is 18.7 Å². The van der Waals surface area contributed by atoms with Crippen LogP contribution in [0.1, 0.15) is 15.9 Å². The van der Waals surface area contributed by atoms with Gasteiger partial charge in [0.1, 0.15) is 0 Å². The summed E-state index contributed by atoms with van der Waals surface area (Å²) < 4.78 is 0. The van der Waals surface area contributed by atoms with Crippen molar-refractivity contribution in [1.82, 2.24) is 15.5 Å². The summed E-state index contributed by atoms with van der Waals surface area (Å²) in [7, 11) is 3.33. The van der Waals surface area contributed by atoms with E-state index >= 15 is 0 Å². The molecule has 18 heavy (non-hydrogen) atoms. The SMILES string of the molecule is Cc1ccc(C(=O)NCCNC(=O)N(C)C)cc1. The Balaban J connectivity index is 2.29. The van der Waals surface area contributed by atoms with E-state index < -0.39 is 0 Å². The summed E-state index contributed by atoms with van der Waals surface area (Å²) in [6.45, 7) is 2.79. The molecule has 0 saturated carbocycles. The molecule has 0 spiro atoms. The van der Waals surface area contributed by atoms with E-state index in [-0.39, 0.29) is 11.9 Å². The summed E-state index contributed by atoms with van der Waals surface area (Å²) in [4.78, 5) is 24.3. The third-order valence-corrected chi connectivity index (χ3v) is 2.41. The summed E-state index contributed by atoms with van der Waals surface area (Å²) >= 11 is 0. The highest BCUT2D eigenvalue weighted by Crippen LogP contribution is 2.02. The van der Waals surface area contributed by atoms with Gasteiger partial charge in [-0.3, -0.25) is 4.79 Å². The van der Waals surface area contributed by atoms with Gasteiger partial charge in [0.25, 0.3) is 5.91 Å². The number of hydrogen-bond acceptors (Lipinski definition) is 2. The summed E-state index contributed by atoms with van der Waals surface area (Å²) in [6, 6.07) is 7.18. The second-order valence-electron chi connectivity index (χ2n) is 4.25. The molecular formula is C13H19N3O2. The number of hydrogen-bond donors (Lipinski definition) is 2. The molecule has 0 fully saturated rings. The quantitative estimate of drug-likeness (QED) is 0.782. The number of nitrogens with one attached hydrogen (secondary N) is 2. The van der Waals surface area contributed by atoms with E-state index in [9.17, 15) is 9.59 Å². The molecule has 0 atom stereocenters. The molecule has 3 amide bonds. The topological polar surface area (TPSA) is 61.4 Å². The maximum atomic E-state index is 11.7. The Labute approximate surface area is 107 Å². The fourth-order valence-electron chi connectivity index (χ4n) is 1.31. The lowest BCUT2D eigenvalue weighted by molar-refractivity contribution is 0.0953. The first-order valence-electron chi connectivity index (χ1n) is 5.80. The van der Waals surface area contributed by atoms with E-state index in [1.807, 2.05) is 19.1 Å². The number of amides is 3. The number of nitrogens with zero attached hydrogens (tertiary/aromatic N) is 1. The fourth-order valence-corrected chi connectivity index (χ4v) is 1.31. The minimum atomic E-state index is -0.167. The summed E-state index contributed by atoms with van der Waals surface area (Å²) in [5, 5.41) is 5.41. The van der Waals surface area contributed by atoms with Crippen molar-refractivity contribution in [3.8, 4) is 0 Å². The van der Waals surface area contributed by atoms with Gasteiger partial charge in [-0.05, 0) is 19.1 Å². The number of urea groups is 1. The van der Waals surface area contributed by atoms with Crippen molar-refractivity contribution in [2.75, 3.05) is 27.2 Å². The van der Waals surface area contributed by atoms with Crippen LogP contribution in [0.15, 0.2) is 24.3 Å². The molecule has 0 unspecified atom stereocenters. The van der Waals surface area contributed by atoms with Crippen molar-refractivity contribution in [1.29, 1.82) is 0 Å². The van der Waals surface area contributed by atoms with Crippen molar-refractivity contribution >= 4 is 11.9 Å². The smallest absolute Gasteiger partial charge is 0.316 e. The molecule has 98 valence electrons. The lowest BCUT2D eigenvalue weighted by Crippen LogP contribution is -2.39. The van der Waals surface area contributed by atoms with Gasteiger partial charge in [0.05, 0.1) is 0 Å². The van der Waals surface area contributed by atoms with Crippen molar-refractivity contribution in [2.45, 2.75) is 6.92 Å². The van der Waals surface area contributed by atoms with Crippen molar-refractivity contribution < 1.29 is 9.59 Å². The number of carbonyl (C=O) groups excluding carboxylic acids is 2. The largest absolute Gasteiger partial charge is 0.350 e. The average molecular weight is 249 g/mol. The normalized spacial score (nSPS) is 9.72. The molecule has 0 heterocycles. The first kappa shape index (κ1) is 14.0. The van der Waals surface area contributed by atoms with Crippen LogP contribution in [-0.4, -0.2) is 44.0 Å². The van der Waals surface area contributed by atoms with Gasteiger partial charge in [-0.25, -0.2) is 4.79 Å². The Hall–Kier alpha value is -2.04. The molecule has 0 bridgehead atoms. The van der Waals surface area contributed by atoms with Gasteiger partial charge >= 0.3 is 6.03 Å². The zero-order chi connectivity index (χ0) is 13.5. The summed E-state index contributed by atoms with van der Waals surface area (Å²) in [5.41, 5.74) is 1.74. The van der Waals surface area contributed by atoms with Crippen LogP contribution in [-0.2, 0) is 0 Å². The molecule has 0 saturated heterocycles. The number of aryl methyl sites for hydroxylation is 1. The van der Waals surface area contributed by atoms with Crippen molar-refractivity contribution in [2.24, 2.45) is 0 Å². The monoisotopic (exact) mass is 249 g/mol. The zero-order valence-electron chi connectivity index (χ0n) is 11.0. The van der Waals surface area contributed by atoms with Gasteiger partial charge in [0.2, 0.25) is 0 Å². The first-order valence-corrected chi connectivity index (χ1v) is 5.80. The van der Waals surface area contributed by atoms with E-state index in [1.54, 1.807) is 26.2 Å². The molecule has 1 rings (SSSR count). The minimum absolute atomic E-state index is 0.130. The molecule has 0 aliphatic heterocycles. The minimum Gasteiger partial charge on any atom is -0.350 e. The van der Waals surface area contributed by atoms with Crippen LogP contribution < -0.4 is 10.6 Å². The highest BCUT2D eigenvalue weighted by atomic mass is 16.2. The van der Waals surface area contributed by atoms with Gasteiger partial charge in [-0.15, -0.1) is 0 Å². The molecule has 2 N–H and O–H groups in total. The molecular weight excluding hydrogens is 230 g/mol. The van der Waals surface area contributed by atoms with Crippen LogP contribution in [0.3, 0.4) is 0 Å². The van der Waals surface area contributed by atoms with Gasteiger partial charge in [-0.2, -0.15) is 0 Å². The van der Waals surface area contributed by atoms with E-state index in [1.165, 1.54) is 4.90 Å². The molecule has 1 aromatic rings. The lowest BCUT2D eigenvalue weighted by atomic mass is 10.1. The Kier molecular flexibility index (Phi) is 5.17. The lowest BCUT2D eigenvalue weighted by Gasteiger charge is -2.12. The second-order valence-corrected chi connectivity index (χ2v) is 4.25. The van der Waals surface area contributed by atoms with Gasteiger partial charge in [0.15, 0.2) is 0 Å². The van der Waals surface area contributed by atoms with Gasteiger partial charge < -0.3 is 15.5 Å². The Morgan fingerprint density at radius 3 is 2.17 bits per heavy atom. The van der Waals surface area contributed by atoms with E-state index in [4.69, 9.17) is 0 Å². The van der Waals surface area contributed by atoms with E-state index in [2.05, 4.69) is 10.6 Å². The summed E-state index contributed by atoms with van der Waals surface area (Å²) in [6.07, 6.45) is 0. The van der Waals surface area contributed by atoms with Crippen LogP contribution >= 0.6 is 0 Å². The zero-order valence-corrected chi connectivity index (χ0v) is 11.0. The molecule has 0 radical (unpaired) electrons. The molecule has 0 aliphatic rings. The van der Waals surface area contributed by atoms with E-state index in [0.717, 1.165) is 5.56 Å². The molecule has 5 nitrogen and oxygen atoms in total. The predicted octanol–water partition coefficient (Wildman–Crippen LogP) is 0.996. The third-order valence-electron chi connectivity index (χ3n) is 2.41. The average Bonchev–Trinajstić information content (AvgIpc) is 2.34. The highest BCUT2D eigenvalue weighted by molar-refractivity contribution is 5.94. The van der Waals surface area contributed by atoms with Crippen molar-refractivity contribution in [3.05, 3.63) is 35.4 Å². The van der Waals surface area contributed by atoms with Crippen LogP contribution in [0.25, 0.3) is 0 Å². The maximum absolute atomic E-state index is 11.7. The predicted molar refractivity (Wildman–Crippen MR) is 70.6 cm³/mol. The Morgan fingerprint density at radius 1 is 1.06 bits per heavy atom. The number of benzene rings is 1. The fraction of sp³-hybridized carbons (Fsp3) is 0.385. The standard InChI is InChI=1S/C13H19N3O2/c1-10-4-6-11(7-5-10)12(17)14-8-9-15-13(18)16(2)3/h4-7H,8-9H2,1-3H3,(H,14,17)(H,15,18). The molecule has 0 aromatic heterocycles. The van der Waals surface area contributed by atoms with Gasteiger partial charge in [0, 0.05) is 32.7 Å². The van der Waals surface area contributed by atoms with Crippen LogP contribution in [0.5, 0.6) is 0 Å². The Bertz CT molecular complexity index is 413. The third kappa shape index (κ3) is 4.45. The second kappa shape index (κ2) is 6.64. The number of rotatable bonds is 4. The Morgan fingerprint density at radius 2 is 1.61 bits per heavy atom. The number of carbonyl (C=O) groups is 2. The van der Waals surface area contributed by atoms with Crippen molar-refractivity contribution in [3.63, 3.8) is 0 Å². The highest BCUT2D eigenvalue weighted by Gasteiger charge is 2.05. The molecule has 0 aliphatic carbocycles. The van der Waals surface area contributed by atoms with Crippen LogP contribution in [0, 0.1) is 6.92 Å².